The smallest absolute Gasteiger partial charge is 0.127 e. The zero-order chi connectivity index (χ0) is 60.4. The van der Waals surface area contributed by atoms with Gasteiger partial charge < -0.3 is 59.8 Å². The zero-order valence-corrected chi connectivity index (χ0v) is 49.8. The molecule has 0 radical (unpaired) electrons. The lowest BCUT2D eigenvalue weighted by Gasteiger charge is -2.33. The van der Waals surface area contributed by atoms with Crippen LogP contribution in [0.1, 0.15) is 219 Å². The van der Waals surface area contributed by atoms with Crippen molar-refractivity contribution < 1.29 is 59.8 Å². The maximum atomic E-state index is 13.1. The van der Waals surface area contributed by atoms with Gasteiger partial charge in [0.2, 0.25) is 0 Å². The molecule has 88 heavy (non-hydrogen) atoms. The molecule has 8 aromatic rings. The molecule has 0 aliphatic heterocycles. The molecule has 456 valence electrons. The summed E-state index contributed by atoms with van der Waals surface area (Å²) in [4.78, 5) is 0. The fourth-order valence-electron chi connectivity index (χ4n) is 14.9. The third kappa shape index (κ3) is 12.3. The summed E-state index contributed by atoms with van der Waals surface area (Å²) in [6.07, 6.45) is 17.8. The van der Waals surface area contributed by atoms with Crippen LogP contribution in [0.5, 0.6) is 69.0 Å². The average molecular weight is 1190 g/mol. The summed E-state index contributed by atoms with van der Waals surface area (Å²) in [5.74, 6) is -1.96. The summed E-state index contributed by atoms with van der Waals surface area (Å²) < 4.78 is 28.9. The highest BCUT2D eigenvalue weighted by Crippen LogP contribution is 2.56. The zero-order valence-electron chi connectivity index (χ0n) is 49.8. The first-order valence-electron chi connectivity index (χ1n) is 32.2. The minimum absolute atomic E-state index is 0.0342. The second-order valence-electron chi connectivity index (χ2n) is 25.4. The minimum Gasteiger partial charge on any atom is -0.508 e. The van der Waals surface area contributed by atoms with Crippen molar-refractivity contribution in [1.29, 1.82) is 0 Å². The molecular weight excluding hydrogens is 1100 g/mol. The Morgan fingerprint density at radius 3 is 0.591 bits per heavy atom. The molecule has 8 N–H and O–H groups in total. The van der Waals surface area contributed by atoms with Gasteiger partial charge >= 0.3 is 0 Å². The summed E-state index contributed by atoms with van der Waals surface area (Å²) >= 11 is 0. The largest absolute Gasteiger partial charge is 0.508 e. The Hall–Kier alpha value is -8.64. The van der Waals surface area contributed by atoms with E-state index in [1.165, 1.54) is 0 Å². The number of benzene rings is 8. The molecule has 4 fully saturated rings. The van der Waals surface area contributed by atoms with E-state index in [1.807, 2.05) is 48.5 Å². The van der Waals surface area contributed by atoms with Gasteiger partial charge in [0.05, 0.1) is 24.4 Å². The van der Waals surface area contributed by atoms with Gasteiger partial charge in [-0.1, -0.05) is 74.2 Å². The lowest BCUT2D eigenvalue weighted by molar-refractivity contribution is 0.151. The first-order chi connectivity index (χ1) is 42.9. The monoisotopic (exact) mass is 1180 g/mol. The maximum Gasteiger partial charge on any atom is 0.127 e. The normalized spacial score (nSPS) is 20.5. The fourth-order valence-corrected chi connectivity index (χ4v) is 14.9. The van der Waals surface area contributed by atoms with E-state index in [2.05, 4.69) is 0 Å². The van der Waals surface area contributed by atoms with Crippen LogP contribution in [0.3, 0.4) is 0 Å². The Labute approximate surface area is 515 Å². The molecule has 12 nitrogen and oxygen atoms in total. The predicted molar refractivity (Wildman–Crippen MR) is 339 cm³/mol. The van der Waals surface area contributed by atoms with E-state index in [0.29, 0.717) is 78.6 Å². The van der Waals surface area contributed by atoms with Crippen LogP contribution >= 0.6 is 0 Å². The molecule has 0 saturated heterocycles. The Balaban J connectivity index is 1.19. The van der Waals surface area contributed by atoms with Gasteiger partial charge in [-0.2, -0.15) is 0 Å². The Kier molecular flexibility index (Phi) is 17.0. The number of hydrogen-bond acceptors (Lipinski definition) is 12. The van der Waals surface area contributed by atoms with Crippen LogP contribution in [-0.4, -0.2) is 65.3 Å². The highest BCUT2D eigenvalue weighted by Gasteiger charge is 2.38. The van der Waals surface area contributed by atoms with Gasteiger partial charge in [-0.15, -0.1) is 0 Å². The van der Waals surface area contributed by atoms with Gasteiger partial charge in [0.1, 0.15) is 69.0 Å². The molecule has 0 heterocycles. The topological polar surface area (TPSA) is 199 Å². The van der Waals surface area contributed by atoms with Gasteiger partial charge in [0.15, 0.2) is 0 Å². The van der Waals surface area contributed by atoms with E-state index in [-0.39, 0.29) is 70.4 Å². The van der Waals surface area contributed by atoms with Crippen molar-refractivity contribution in [2.45, 2.75) is 177 Å². The average Bonchev–Trinajstić information content (AvgIpc) is 0.845. The number of phenolic OH excluding ortho intramolecular Hbond substituents is 8. The first kappa shape index (κ1) is 58.4. The molecule has 8 bridgehead atoms. The van der Waals surface area contributed by atoms with Crippen molar-refractivity contribution in [3.05, 3.63) is 212 Å². The van der Waals surface area contributed by atoms with E-state index in [9.17, 15) is 40.9 Å². The molecule has 0 unspecified atom stereocenters. The van der Waals surface area contributed by atoms with Crippen LogP contribution in [0.2, 0.25) is 0 Å². The molecular formula is C76H80O12. The van der Waals surface area contributed by atoms with E-state index >= 15 is 0 Å². The molecule has 12 heteroatoms. The van der Waals surface area contributed by atoms with Crippen LogP contribution in [-0.2, 0) is 0 Å². The molecule has 5 aliphatic carbocycles. The van der Waals surface area contributed by atoms with Crippen molar-refractivity contribution in [1.82, 2.24) is 0 Å². The summed E-state index contributed by atoms with van der Waals surface area (Å²) in [7, 11) is 0. The Morgan fingerprint density at radius 2 is 0.398 bits per heavy atom. The molecule has 13 rings (SSSR count). The summed E-state index contributed by atoms with van der Waals surface area (Å²) in [5, 5.41) is 96.5. The number of phenols is 8. The molecule has 0 atom stereocenters. The maximum absolute atomic E-state index is 13.1. The molecule has 0 aromatic heterocycles. The van der Waals surface area contributed by atoms with E-state index in [1.54, 1.807) is 97.1 Å². The van der Waals surface area contributed by atoms with E-state index in [4.69, 9.17) is 18.9 Å². The predicted octanol–water partition coefficient (Wildman–Crippen LogP) is 17.2. The minimum atomic E-state index is -0.931. The second-order valence-corrected chi connectivity index (χ2v) is 25.4. The van der Waals surface area contributed by atoms with Gasteiger partial charge in [0.25, 0.3) is 0 Å². The highest BCUT2D eigenvalue weighted by molar-refractivity contribution is 5.68. The molecule has 4 saturated carbocycles. The van der Waals surface area contributed by atoms with Gasteiger partial charge in [0, 0.05) is 92.4 Å². The molecule has 0 spiro atoms. The Bertz CT molecular complexity index is 3320. The summed E-state index contributed by atoms with van der Waals surface area (Å²) in [5.41, 5.74) is 6.97. The fraction of sp³-hybridized carbons (Fsp3) is 0.368. The van der Waals surface area contributed by atoms with Crippen molar-refractivity contribution in [2.75, 3.05) is 0 Å². The number of rotatable bonds is 12. The lowest BCUT2D eigenvalue weighted by atomic mass is 9.75. The third-order valence-corrected chi connectivity index (χ3v) is 19.4. The molecule has 5 aliphatic rings. The van der Waals surface area contributed by atoms with Crippen LogP contribution in [0.25, 0.3) is 0 Å². The van der Waals surface area contributed by atoms with Crippen molar-refractivity contribution in [3.8, 4) is 69.0 Å². The number of aromatic hydroxyl groups is 8. The second kappa shape index (κ2) is 25.6. The standard InChI is InChI=1S/C76H80O12/c77-49-29-21-45(22-30-49)73-57-37-61(69(41-65(57)81)85-53-13-5-1-6-14-53)75(47-25-33-51(79)34-26-47)62-38-58(66(82)42-70(62)86-54-15-7-2-8-16-54)74(46-23-31-50(78)32-24-46)60-40-64(72(44-68(60)84)88-56-19-11-4-12-20-56)76(48-27-35-52(80)36-28-48)63-39-59(73)67(83)43-71(63)87-55-17-9-3-10-18-55/h21-44,53-56,73-84H,1-20H2. The first-order valence-corrected chi connectivity index (χ1v) is 32.2. The summed E-state index contributed by atoms with van der Waals surface area (Å²) in [6, 6.07) is 42.4. The third-order valence-electron chi connectivity index (χ3n) is 19.4. The van der Waals surface area contributed by atoms with Crippen molar-refractivity contribution in [2.24, 2.45) is 0 Å². The molecule has 0 amide bonds. The van der Waals surface area contributed by atoms with Crippen molar-refractivity contribution in [3.63, 3.8) is 0 Å². The van der Waals surface area contributed by atoms with Gasteiger partial charge in [-0.05, 0) is 198 Å². The van der Waals surface area contributed by atoms with Gasteiger partial charge in [-0.25, -0.2) is 0 Å². The SMILES string of the molecule is Oc1ccc(C2c3cc(c(OC4CCCCC4)cc3O)C(c3ccc(O)cc3)c3cc(c(O)cc3OC3CCCCC3)C(c3ccc(O)cc3)c3cc(c(OC4CCCCC4)cc3O)C(c3ccc(O)cc3)c3cc2c(O)cc3OC2CCCCC2)cc1. The Morgan fingerprint density at radius 1 is 0.216 bits per heavy atom. The van der Waals surface area contributed by atoms with E-state index < -0.39 is 23.7 Å². The number of ether oxygens (including phenoxy) is 4. The quantitative estimate of drug-likeness (QED) is 0.0577. The van der Waals surface area contributed by atoms with Gasteiger partial charge in [-0.3, -0.25) is 0 Å². The van der Waals surface area contributed by atoms with Crippen LogP contribution in [0.4, 0.5) is 0 Å². The highest BCUT2D eigenvalue weighted by atomic mass is 16.5. The van der Waals surface area contributed by atoms with E-state index in [0.717, 1.165) is 140 Å². The van der Waals surface area contributed by atoms with Crippen LogP contribution in [0, 0.1) is 0 Å². The number of fused-ring (bicyclic) bond motifs is 8. The van der Waals surface area contributed by atoms with Crippen LogP contribution in [0.15, 0.2) is 146 Å². The lowest BCUT2D eigenvalue weighted by Crippen LogP contribution is -2.23. The molecule has 8 aromatic carbocycles. The summed E-state index contributed by atoms with van der Waals surface area (Å²) in [6.45, 7) is 0. The van der Waals surface area contributed by atoms with Crippen molar-refractivity contribution >= 4 is 0 Å². The van der Waals surface area contributed by atoms with Crippen LogP contribution < -0.4 is 18.9 Å². The number of hydrogen-bond donors (Lipinski definition) is 8.